The highest BCUT2D eigenvalue weighted by molar-refractivity contribution is 6.30. The summed E-state index contributed by atoms with van der Waals surface area (Å²) >= 11 is 5.96. The Bertz CT molecular complexity index is 516. The molecule has 5 heteroatoms. The fourth-order valence-corrected chi connectivity index (χ4v) is 2.69. The van der Waals surface area contributed by atoms with Crippen molar-refractivity contribution in [1.29, 1.82) is 0 Å². The van der Waals surface area contributed by atoms with Crippen LogP contribution in [0, 0.1) is 0 Å². The number of ether oxygens (including phenoxy) is 1. The van der Waals surface area contributed by atoms with Gasteiger partial charge in [0.25, 0.3) is 0 Å². The van der Waals surface area contributed by atoms with Crippen molar-refractivity contribution in [3.63, 3.8) is 0 Å². The van der Waals surface area contributed by atoms with E-state index in [0.29, 0.717) is 12.8 Å². The van der Waals surface area contributed by atoms with Crippen LogP contribution in [0.15, 0.2) is 18.2 Å². The monoisotopic (exact) mass is 295 g/mol. The number of carbonyl (C=O) groups excluding carboxylic acids is 2. The van der Waals surface area contributed by atoms with Crippen LogP contribution in [-0.4, -0.2) is 19.0 Å². The van der Waals surface area contributed by atoms with E-state index < -0.39 is 0 Å². The quantitative estimate of drug-likeness (QED) is 0.850. The van der Waals surface area contributed by atoms with Gasteiger partial charge in [0.05, 0.1) is 13.2 Å². The van der Waals surface area contributed by atoms with Gasteiger partial charge in [-0.15, -0.1) is 0 Å². The molecular weight excluding hydrogens is 278 g/mol. The summed E-state index contributed by atoms with van der Waals surface area (Å²) < 4.78 is 4.54. The standard InChI is InChI=1S/C15H18ClNO3/c1-20-15(19)4-2-3-14(18)17-13-8-5-10-9-11(16)6-7-12(10)13/h6-7,9,13H,2-5,8H2,1H3,(H,17,18). The fourth-order valence-electron chi connectivity index (χ4n) is 2.50. The first-order valence-electron chi connectivity index (χ1n) is 6.74. The van der Waals surface area contributed by atoms with Crippen molar-refractivity contribution in [3.05, 3.63) is 34.3 Å². The van der Waals surface area contributed by atoms with Gasteiger partial charge in [0.2, 0.25) is 5.91 Å². The zero-order valence-corrected chi connectivity index (χ0v) is 12.2. The Morgan fingerprint density at radius 1 is 1.40 bits per heavy atom. The number of hydrogen-bond acceptors (Lipinski definition) is 3. The summed E-state index contributed by atoms with van der Waals surface area (Å²) in [6.45, 7) is 0. The van der Waals surface area contributed by atoms with Crippen molar-refractivity contribution in [1.82, 2.24) is 5.32 Å². The number of fused-ring (bicyclic) bond motifs is 1. The van der Waals surface area contributed by atoms with Crippen LogP contribution in [0.25, 0.3) is 0 Å². The lowest BCUT2D eigenvalue weighted by molar-refractivity contribution is -0.140. The summed E-state index contributed by atoms with van der Waals surface area (Å²) in [5.41, 5.74) is 2.35. The average molecular weight is 296 g/mol. The summed E-state index contributed by atoms with van der Waals surface area (Å²) in [5.74, 6) is -0.305. The van der Waals surface area contributed by atoms with Crippen LogP contribution in [0.5, 0.6) is 0 Å². The molecule has 0 saturated heterocycles. The van der Waals surface area contributed by atoms with E-state index in [4.69, 9.17) is 11.6 Å². The van der Waals surface area contributed by atoms with Gasteiger partial charge in [0, 0.05) is 17.9 Å². The second-order valence-corrected chi connectivity index (χ2v) is 5.37. The van der Waals surface area contributed by atoms with Gasteiger partial charge in [0.1, 0.15) is 0 Å². The largest absolute Gasteiger partial charge is 0.469 e. The van der Waals surface area contributed by atoms with Gasteiger partial charge >= 0.3 is 5.97 Å². The lowest BCUT2D eigenvalue weighted by Crippen LogP contribution is -2.26. The lowest BCUT2D eigenvalue weighted by Gasteiger charge is -2.14. The third-order valence-corrected chi connectivity index (χ3v) is 3.77. The molecule has 0 aliphatic heterocycles. The van der Waals surface area contributed by atoms with Crippen molar-refractivity contribution >= 4 is 23.5 Å². The van der Waals surface area contributed by atoms with Crippen molar-refractivity contribution in [2.75, 3.05) is 7.11 Å². The molecule has 0 bridgehead atoms. The van der Waals surface area contributed by atoms with Gasteiger partial charge in [-0.05, 0) is 42.5 Å². The summed E-state index contributed by atoms with van der Waals surface area (Å²) in [4.78, 5) is 22.8. The normalized spacial score (nSPS) is 16.6. The molecule has 1 aliphatic carbocycles. The van der Waals surface area contributed by atoms with Crippen LogP contribution in [0.4, 0.5) is 0 Å². The number of nitrogens with one attached hydrogen (secondary N) is 1. The molecule has 0 fully saturated rings. The van der Waals surface area contributed by atoms with Gasteiger partial charge in [-0.1, -0.05) is 17.7 Å². The number of esters is 1. The van der Waals surface area contributed by atoms with Gasteiger partial charge in [-0.25, -0.2) is 0 Å². The molecule has 1 aliphatic rings. The molecule has 1 aromatic carbocycles. The van der Waals surface area contributed by atoms with Gasteiger partial charge in [-0.3, -0.25) is 9.59 Å². The number of hydrogen-bond donors (Lipinski definition) is 1. The zero-order valence-electron chi connectivity index (χ0n) is 11.4. The number of amides is 1. The molecule has 1 atom stereocenters. The van der Waals surface area contributed by atoms with Crippen LogP contribution in [0.2, 0.25) is 5.02 Å². The van der Waals surface area contributed by atoms with Crippen molar-refractivity contribution in [2.24, 2.45) is 0 Å². The number of rotatable bonds is 5. The zero-order chi connectivity index (χ0) is 14.5. The third-order valence-electron chi connectivity index (χ3n) is 3.53. The molecule has 4 nitrogen and oxygen atoms in total. The van der Waals surface area contributed by atoms with E-state index in [-0.39, 0.29) is 24.3 Å². The Hall–Kier alpha value is -1.55. The molecular formula is C15H18ClNO3. The van der Waals surface area contributed by atoms with E-state index in [1.165, 1.54) is 12.7 Å². The second kappa shape index (κ2) is 6.75. The topological polar surface area (TPSA) is 55.4 Å². The third kappa shape index (κ3) is 3.73. The summed E-state index contributed by atoms with van der Waals surface area (Å²) in [6.07, 6.45) is 2.97. The molecule has 20 heavy (non-hydrogen) atoms. The molecule has 1 amide bonds. The molecule has 2 rings (SSSR count). The molecule has 0 aromatic heterocycles. The van der Waals surface area contributed by atoms with E-state index in [1.54, 1.807) is 0 Å². The summed E-state index contributed by atoms with van der Waals surface area (Å²) in [6, 6.07) is 5.85. The molecule has 0 spiro atoms. The highest BCUT2D eigenvalue weighted by atomic mass is 35.5. The number of carbonyl (C=O) groups is 2. The molecule has 0 saturated carbocycles. The Morgan fingerprint density at radius 2 is 2.20 bits per heavy atom. The maximum absolute atomic E-state index is 11.9. The Labute approximate surface area is 123 Å². The minimum absolute atomic E-state index is 0.0262. The minimum Gasteiger partial charge on any atom is -0.469 e. The van der Waals surface area contributed by atoms with Crippen LogP contribution in [0.3, 0.4) is 0 Å². The summed E-state index contributed by atoms with van der Waals surface area (Å²) in [5, 5.41) is 3.74. The van der Waals surface area contributed by atoms with E-state index >= 15 is 0 Å². The van der Waals surface area contributed by atoms with Crippen LogP contribution in [-0.2, 0) is 20.7 Å². The molecule has 1 unspecified atom stereocenters. The van der Waals surface area contributed by atoms with Gasteiger partial charge in [-0.2, -0.15) is 0 Å². The maximum Gasteiger partial charge on any atom is 0.305 e. The van der Waals surface area contributed by atoms with Crippen LogP contribution < -0.4 is 5.32 Å². The molecule has 0 heterocycles. The van der Waals surface area contributed by atoms with E-state index in [0.717, 1.165) is 23.4 Å². The highest BCUT2D eigenvalue weighted by Gasteiger charge is 2.23. The molecule has 108 valence electrons. The number of aryl methyl sites for hydroxylation is 1. The number of methoxy groups -OCH3 is 1. The predicted octanol–water partition coefficient (Wildman–Crippen LogP) is 2.79. The Balaban J connectivity index is 1.83. The Kier molecular flexibility index (Phi) is 5.01. The van der Waals surface area contributed by atoms with E-state index in [1.807, 2.05) is 18.2 Å². The van der Waals surface area contributed by atoms with Crippen molar-refractivity contribution in [2.45, 2.75) is 38.1 Å². The van der Waals surface area contributed by atoms with Gasteiger partial charge in [0.15, 0.2) is 0 Å². The Morgan fingerprint density at radius 3 is 2.95 bits per heavy atom. The predicted molar refractivity (Wildman–Crippen MR) is 76.5 cm³/mol. The first-order chi connectivity index (χ1) is 9.60. The average Bonchev–Trinajstić information content (AvgIpc) is 2.80. The summed E-state index contributed by atoms with van der Waals surface area (Å²) in [7, 11) is 1.35. The lowest BCUT2D eigenvalue weighted by atomic mass is 10.1. The van der Waals surface area contributed by atoms with Crippen molar-refractivity contribution < 1.29 is 14.3 Å². The van der Waals surface area contributed by atoms with Crippen LogP contribution in [0.1, 0.15) is 42.9 Å². The molecule has 0 radical (unpaired) electrons. The van der Waals surface area contributed by atoms with E-state index in [2.05, 4.69) is 10.1 Å². The molecule has 1 N–H and O–H groups in total. The second-order valence-electron chi connectivity index (χ2n) is 4.93. The highest BCUT2D eigenvalue weighted by Crippen LogP contribution is 2.32. The smallest absolute Gasteiger partial charge is 0.305 e. The number of benzene rings is 1. The minimum atomic E-state index is -0.279. The first-order valence-corrected chi connectivity index (χ1v) is 7.12. The number of halogens is 1. The maximum atomic E-state index is 11.9. The first kappa shape index (κ1) is 14.9. The van der Waals surface area contributed by atoms with Crippen molar-refractivity contribution in [3.8, 4) is 0 Å². The van der Waals surface area contributed by atoms with Crippen LogP contribution >= 0.6 is 11.6 Å². The SMILES string of the molecule is COC(=O)CCCC(=O)NC1CCc2cc(Cl)ccc21. The van der Waals surface area contributed by atoms with Gasteiger partial charge < -0.3 is 10.1 Å². The fraction of sp³-hybridized carbons (Fsp3) is 0.467. The molecule has 1 aromatic rings. The van der Waals surface area contributed by atoms with E-state index in [9.17, 15) is 9.59 Å².